The van der Waals surface area contributed by atoms with Gasteiger partial charge in [-0.1, -0.05) is 39.0 Å². The van der Waals surface area contributed by atoms with E-state index in [0.29, 0.717) is 31.8 Å². The van der Waals surface area contributed by atoms with Crippen LogP contribution in [0.3, 0.4) is 0 Å². The quantitative estimate of drug-likeness (QED) is 0.477. The van der Waals surface area contributed by atoms with Gasteiger partial charge in [-0.3, -0.25) is 9.59 Å². The molecule has 0 spiro atoms. The summed E-state index contributed by atoms with van der Waals surface area (Å²) < 4.78 is 5.59. The first-order valence-electron chi connectivity index (χ1n) is 10.0. The second kappa shape index (κ2) is 13.6. The third-order valence-corrected chi connectivity index (χ3v) is 4.50. The molecule has 1 rings (SSSR count). The van der Waals surface area contributed by atoms with Gasteiger partial charge in [-0.05, 0) is 33.1 Å². The molecule has 0 aromatic heterocycles. The van der Waals surface area contributed by atoms with Crippen molar-refractivity contribution < 1.29 is 14.3 Å². The molecular weight excluding hydrogens is 330 g/mol. The Labute approximate surface area is 157 Å². The first-order chi connectivity index (χ1) is 12.5. The van der Waals surface area contributed by atoms with Crippen molar-refractivity contribution in [3.05, 3.63) is 0 Å². The summed E-state index contributed by atoms with van der Waals surface area (Å²) in [4.78, 5) is 31.8. The summed E-state index contributed by atoms with van der Waals surface area (Å²) in [5, 5.41) is 2.88. The molecule has 1 unspecified atom stereocenters. The van der Waals surface area contributed by atoms with Crippen LogP contribution in [0.15, 0.2) is 9.98 Å². The van der Waals surface area contributed by atoms with Crippen LogP contribution in [-0.2, 0) is 14.3 Å². The summed E-state index contributed by atoms with van der Waals surface area (Å²) in [5.41, 5.74) is 0.749. The number of amides is 2. The van der Waals surface area contributed by atoms with Crippen molar-refractivity contribution in [3.63, 3.8) is 0 Å². The van der Waals surface area contributed by atoms with Crippen molar-refractivity contribution in [1.29, 1.82) is 0 Å². The maximum atomic E-state index is 11.9. The summed E-state index contributed by atoms with van der Waals surface area (Å²) in [6.07, 6.45) is 9.18. The van der Waals surface area contributed by atoms with Gasteiger partial charge in [0.2, 0.25) is 5.91 Å². The SMILES string of the molecule is CCCCCCCCOCCCNC(=O)CCC1C(=O)N=C(C)N=C1C. The fraction of sp³-hybridized carbons (Fsp3) is 0.800. The van der Waals surface area contributed by atoms with E-state index in [0.717, 1.165) is 25.2 Å². The van der Waals surface area contributed by atoms with E-state index < -0.39 is 0 Å². The highest BCUT2D eigenvalue weighted by molar-refractivity contribution is 6.14. The lowest BCUT2D eigenvalue weighted by molar-refractivity contribution is -0.122. The highest BCUT2D eigenvalue weighted by Gasteiger charge is 2.25. The Morgan fingerprint density at radius 3 is 2.46 bits per heavy atom. The van der Waals surface area contributed by atoms with Crippen molar-refractivity contribution in [3.8, 4) is 0 Å². The lowest BCUT2D eigenvalue weighted by atomic mass is 9.96. The number of rotatable bonds is 14. The molecule has 148 valence electrons. The Balaban J connectivity index is 1.98. The van der Waals surface area contributed by atoms with Gasteiger partial charge in [0.05, 0.1) is 5.92 Å². The average molecular weight is 366 g/mol. The fourth-order valence-corrected chi connectivity index (χ4v) is 2.96. The molecule has 1 aliphatic rings. The van der Waals surface area contributed by atoms with Crippen molar-refractivity contribution in [2.75, 3.05) is 19.8 Å². The van der Waals surface area contributed by atoms with Gasteiger partial charge in [0.1, 0.15) is 5.84 Å². The summed E-state index contributed by atoms with van der Waals surface area (Å²) in [5.74, 6) is -0.0852. The van der Waals surface area contributed by atoms with Crippen LogP contribution in [0.1, 0.15) is 78.6 Å². The van der Waals surface area contributed by atoms with Gasteiger partial charge in [-0.25, -0.2) is 4.99 Å². The number of hydrogen-bond acceptors (Lipinski definition) is 4. The molecule has 6 heteroatoms. The van der Waals surface area contributed by atoms with E-state index >= 15 is 0 Å². The fourth-order valence-electron chi connectivity index (χ4n) is 2.96. The van der Waals surface area contributed by atoms with E-state index in [1.54, 1.807) is 6.92 Å². The third kappa shape index (κ3) is 9.80. The number of amidine groups is 1. The minimum absolute atomic E-state index is 0.0344. The van der Waals surface area contributed by atoms with Crippen LogP contribution in [0, 0.1) is 5.92 Å². The van der Waals surface area contributed by atoms with Gasteiger partial charge in [-0.15, -0.1) is 0 Å². The van der Waals surface area contributed by atoms with Crippen LogP contribution >= 0.6 is 0 Å². The Morgan fingerprint density at radius 1 is 1.04 bits per heavy atom. The number of carbonyl (C=O) groups is 2. The monoisotopic (exact) mass is 365 g/mol. The van der Waals surface area contributed by atoms with E-state index in [2.05, 4.69) is 22.2 Å². The summed E-state index contributed by atoms with van der Waals surface area (Å²) in [6, 6.07) is 0. The van der Waals surface area contributed by atoms with Crippen LogP contribution < -0.4 is 5.32 Å². The summed E-state index contributed by atoms with van der Waals surface area (Å²) >= 11 is 0. The molecule has 1 heterocycles. The number of ether oxygens (including phenoxy) is 1. The Hall–Kier alpha value is -1.56. The molecule has 0 bridgehead atoms. The molecule has 6 nitrogen and oxygen atoms in total. The van der Waals surface area contributed by atoms with Crippen LogP contribution in [0.25, 0.3) is 0 Å². The zero-order chi connectivity index (χ0) is 19.2. The molecule has 0 aromatic rings. The second-order valence-corrected chi connectivity index (χ2v) is 6.93. The highest BCUT2D eigenvalue weighted by atomic mass is 16.5. The van der Waals surface area contributed by atoms with E-state index in [9.17, 15) is 9.59 Å². The van der Waals surface area contributed by atoms with Gasteiger partial charge in [-0.2, -0.15) is 4.99 Å². The molecule has 0 aromatic carbocycles. The van der Waals surface area contributed by atoms with Crippen LogP contribution in [0.4, 0.5) is 0 Å². The molecule has 0 saturated carbocycles. The predicted octanol–water partition coefficient (Wildman–Crippen LogP) is 3.69. The first kappa shape index (κ1) is 22.5. The lowest BCUT2D eigenvalue weighted by Gasteiger charge is -2.16. The maximum absolute atomic E-state index is 11.9. The standard InChI is InChI=1S/C20H35N3O3/c1-4-5-6-7-8-9-14-26-15-10-13-21-19(24)12-11-18-16(2)22-17(3)23-20(18)25/h18H,4-15H2,1-3H3,(H,21,24). The normalized spacial score (nSPS) is 17.0. The van der Waals surface area contributed by atoms with Gasteiger partial charge in [0.25, 0.3) is 5.91 Å². The largest absolute Gasteiger partial charge is 0.381 e. The lowest BCUT2D eigenvalue weighted by Crippen LogP contribution is -2.30. The minimum atomic E-state index is -0.356. The molecule has 1 atom stereocenters. The van der Waals surface area contributed by atoms with Crippen LogP contribution in [-0.4, -0.2) is 43.1 Å². The van der Waals surface area contributed by atoms with Gasteiger partial charge in [0.15, 0.2) is 0 Å². The highest BCUT2D eigenvalue weighted by Crippen LogP contribution is 2.15. The summed E-state index contributed by atoms with van der Waals surface area (Å²) in [7, 11) is 0. The minimum Gasteiger partial charge on any atom is -0.381 e. The number of hydrogen-bond donors (Lipinski definition) is 1. The number of nitrogens with zero attached hydrogens (tertiary/aromatic N) is 2. The van der Waals surface area contributed by atoms with E-state index in [4.69, 9.17) is 4.74 Å². The third-order valence-electron chi connectivity index (χ3n) is 4.50. The Bertz CT molecular complexity index is 501. The van der Waals surface area contributed by atoms with Gasteiger partial charge >= 0.3 is 0 Å². The molecule has 0 saturated heterocycles. The zero-order valence-electron chi connectivity index (χ0n) is 16.7. The Morgan fingerprint density at radius 2 is 1.73 bits per heavy atom. The second-order valence-electron chi connectivity index (χ2n) is 6.93. The topological polar surface area (TPSA) is 80.1 Å². The van der Waals surface area contributed by atoms with Crippen molar-refractivity contribution >= 4 is 23.4 Å². The molecule has 1 N–H and O–H groups in total. The molecular formula is C20H35N3O3. The molecule has 0 fully saturated rings. The van der Waals surface area contributed by atoms with E-state index in [1.807, 2.05) is 6.92 Å². The van der Waals surface area contributed by atoms with Gasteiger partial charge < -0.3 is 10.1 Å². The molecule has 0 radical (unpaired) electrons. The van der Waals surface area contributed by atoms with Gasteiger partial charge in [0, 0.05) is 31.9 Å². The number of carbonyl (C=O) groups excluding carboxylic acids is 2. The zero-order valence-corrected chi connectivity index (χ0v) is 16.7. The van der Waals surface area contributed by atoms with Crippen LogP contribution in [0.2, 0.25) is 0 Å². The maximum Gasteiger partial charge on any atom is 0.256 e. The number of nitrogens with one attached hydrogen (secondary N) is 1. The Kier molecular flexibility index (Phi) is 11.8. The smallest absolute Gasteiger partial charge is 0.256 e. The summed E-state index contributed by atoms with van der Waals surface area (Å²) in [6.45, 7) is 7.84. The number of unbranched alkanes of at least 4 members (excludes halogenated alkanes) is 5. The first-order valence-corrected chi connectivity index (χ1v) is 10.0. The predicted molar refractivity (Wildman–Crippen MR) is 106 cm³/mol. The van der Waals surface area contributed by atoms with Crippen LogP contribution in [0.5, 0.6) is 0 Å². The molecule has 0 aliphatic carbocycles. The average Bonchev–Trinajstić information content (AvgIpc) is 2.58. The molecule has 26 heavy (non-hydrogen) atoms. The van der Waals surface area contributed by atoms with Crippen molar-refractivity contribution in [2.45, 2.75) is 78.6 Å². The van der Waals surface area contributed by atoms with Crippen molar-refractivity contribution in [1.82, 2.24) is 5.32 Å². The number of aliphatic imine (C=N–C) groups is 2. The molecule has 1 aliphatic heterocycles. The van der Waals surface area contributed by atoms with E-state index in [1.165, 1.54) is 32.1 Å². The van der Waals surface area contributed by atoms with Crippen molar-refractivity contribution in [2.24, 2.45) is 15.9 Å². The molecule has 2 amide bonds. The van der Waals surface area contributed by atoms with E-state index in [-0.39, 0.29) is 17.7 Å².